The Hall–Kier alpha value is -3.39. The van der Waals surface area contributed by atoms with E-state index in [9.17, 15) is 4.79 Å². The molecule has 2 aromatic heterocycles. The van der Waals surface area contributed by atoms with Crippen molar-refractivity contribution >= 4 is 11.7 Å². The van der Waals surface area contributed by atoms with Crippen LogP contribution in [0.3, 0.4) is 0 Å². The lowest BCUT2D eigenvalue weighted by Crippen LogP contribution is -2.41. The zero-order valence-electron chi connectivity index (χ0n) is 18.1. The molecule has 4 heterocycles. The Morgan fingerprint density at radius 3 is 2.78 bits per heavy atom. The number of likely N-dealkylation sites (tertiary alicyclic amines) is 1. The molecule has 8 nitrogen and oxygen atoms in total. The Balaban J connectivity index is 1.19. The van der Waals surface area contributed by atoms with Gasteiger partial charge in [-0.05, 0) is 50.1 Å². The van der Waals surface area contributed by atoms with Crippen LogP contribution in [-0.2, 0) is 6.42 Å². The van der Waals surface area contributed by atoms with Crippen molar-refractivity contribution in [1.82, 2.24) is 19.7 Å². The van der Waals surface area contributed by atoms with Gasteiger partial charge in [-0.3, -0.25) is 9.78 Å². The van der Waals surface area contributed by atoms with Crippen LogP contribution in [0.2, 0.25) is 0 Å². The van der Waals surface area contributed by atoms with Gasteiger partial charge in [-0.15, -0.1) is 0 Å². The van der Waals surface area contributed by atoms with E-state index in [2.05, 4.69) is 33.3 Å². The van der Waals surface area contributed by atoms with Crippen molar-refractivity contribution in [3.63, 3.8) is 0 Å². The first kappa shape index (κ1) is 20.5. The number of pyridine rings is 1. The van der Waals surface area contributed by atoms with Crippen LogP contribution >= 0.6 is 0 Å². The van der Waals surface area contributed by atoms with Crippen molar-refractivity contribution in [3.05, 3.63) is 66.1 Å². The normalized spacial score (nSPS) is 17.3. The summed E-state index contributed by atoms with van der Waals surface area (Å²) >= 11 is 0. The summed E-state index contributed by atoms with van der Waals surface area (Å²) in [6, 6.07) is 13.8. The fourth-order valence-corrected chi connectivity index (χ4v) is 4.45. The summed E-state index contributed by atoms with van der Waals surface area (Å²) in [5.41, 5.74) is 1.66. The number of ether oxygens (including phenoxy) is 2. The standard InChI is InChI=1S/C24H27N5O3/c1-17(14-19-4-2-3-10-25-19)28-12-8-20(9-13-28)29-23(7-11-26-29)27-24(30)18-5-6-21-22(15-18)32-16-31-21/h2-7,10-11,15,17,20H,8-9,12-14,16H2,1H3,(H,27,30)/t17-/m0/s1. The highest BCUT2D eigenvalue weighted by Gasteiger charge is 2.26. The number of fused-ring (bicyclic) bond motifs is 1. The summed E-state index contributed by atoms with van der Waals surface area (Å²) in [7, 11) is 0. The summed E-state index contributed by atoms with van der Waals surface area (Å²) in [6.07, 6.45) is 6.52. The SMILES string of the molecule is C[C@@H](Cc1ccccn1)N1CCC(n2nccc2NC(=O)c2ccc3c(c2)OCO3)CC1. The molecule has 0 aliphatic carbocycles. The van der Waals surface area contributed by atoms with Crippen LogP contribution in [0, 0.1) is 0 Å². The van der Waals surface area contributed by atoms with E-state index in [4.69, 9.17) is 9.47 Å². The molecule has 3 aromatic rings. The lowest BCUT2D eigenvalue weighted by Gasteiger charge is -2.36. The molecular formula is C24H27N5O3. The molecule has 5 rings (SSSR count). The number of anilines is 1. The lowest BCUT2D eigenvalue weighted by atomic mass is 10.0. The predicted octanol–water partition coefficient (Wildman–Crippen LogP) is 3.53. The number of hydrogen-bond acceptors (Lipinski definition) is 6. The molecule has 0 radical (unpaired) electrons. The summed E-state index contributed by atoms with van der Waals surface area (Å²) < 4.78 is 12.7. The first-order valence-corrected chi connectivity index (χ1v) is 11.1. The van der Waals surface area contributed by atoms with Crippen LogP contribution in [0.4, 0.5) is 5.82 Å². The number of nitrogens with one attached hydrogen (secondary N) is 1. The van der Waals surface area contributed by atoms with Gasteiger partial charge in [0.2, 0.25) is 6.79 Å². The topological polar surface area (TPSA) is 81.5 Å². The van der Waals surface area contributed by atoms with Crippen molar-refractivity contribution in [2.75, 3.05) is 25.2 Å². The number of piperidine rings is 1. The molecule has 1 fully saturated rings. The third-order valence-electron chi connectivity index (χ3n) is 6.25. The number of nitrogens with zero attached hydrogens (tertiary/aromatic N) is 4. The average molecular weight is 434 g/mol. The molecule has 0 bridgehead atoms. The van der Waals surface area contributed by atoms with Gasteiger partial charge in [0.05, 0.1) is 12.2 Å². The molecule has 1 amide bonds. The molecule has 8 heteroatoms. The van der Waals surface area contributed by atoms with Crippen molar-refractivity contribution in [3.8, 4) is 11.5 Å². The number of amides is 1. The summed E-state index contributed by atoms with van der Waals surface area (Å²) in [5.74, 6) is 1.79. The summed E-state index contributed by atoms with van der Waals surface area (Å²) in [6.45, 7) is 4.44. The Bertz CT molecular complexity index is 1080. The van der Waals surface area contributed by atoms with E-state index in [0.717, 1.165) is 38.0 Å². The van der Waals surface area contributed by atoms with Crippen molar-refractivity contribution in [2.45, 2.75) is 38.3 Å². The highest BCUT2D eigenvalue weighted by Crippen LogP contribution is 2.33. The van der Waals surface area contributed by atoms with Crippen molar-refractivity contribution in [2.24, 2.45) is 0 Å². The molecule has 0 spiro atoms. The molecule has 1 aromatic carbocycles. The summed E-state index contributed by atoms with van der Waals surface area (Å²) in [4.78, 5) is 19.8. The number of carbonyl (C=O) groups is 1. The number of benzene rings is 1. The van der Waals surface area contributed by atoms with E-state index in [0.29, 0.717) is 28.9 Å². The molecule has 1 saturated heterocycles. The molecule has 32 heavy (non-hydrogen) atoms. The van der Waals surface area contributed by atoms with Crippen LogP contribution in [-0.4, -0.2) is 51.5 Å². The number of aromatic nitrogens is 3. The molecule has 1 N–H and O–H groups in total. The second-order valence-electron chi connectivity index (χ2n) is 8.32. The first-order valence-electron chi connectivity index (χ1n) is 11.1. The summed E-state index contributed by atoms with van der Waals surface area (Å²) in [5, 5.41) is 7.52. The van der Waals surface area contributed by atoms with E-state index in [-0.39, 0.29) is 18.7 Å². The van der Waals surface area contributed by atoms with Gasteiger partial charge in [-0.25, -0.2) is 4.68 Å². The van der Waals surface area contributed by atoms with Gasteiger partial charge in [0, 0.05) is 49.1 Å². The Kier molecular flexibility index (Phi) is 5.77. The highest BCUT2D eigenvalue weighted by molar-refractivity contribution is 6.04. The van der Waals surface area contributed by atoms with Gasteiger partial charge in [0.15, 0.2) is 11.5 Å². The molecule has 2 aliphatic heterocycles. The quantitative estimate of drug-likeness (QED) is 0.641. The number of rotatable bonds is 6. The Morgan fingerprint density at radius 2 is 1.97 bits per heavy atom. The highest BCUT2D eigenvalue weighted by atomic mass is 16.7. The van der Waals surface area contributed by atoms with Crippen LogP contribution in [0.25, 0.3) is 0 Å². The van der Waals surface area contributed by atoms with Crippen molar-refractivity contribution < 1.29 is 14.3 Å². The number of carbonyl (C=O) groups excluding carboxylic acids is 1. The third-order valence-corrected chi connectivity index (χ3v) is 6.25. The van der Waals surface area contributed by atoms with Crippen molar-refractivity contribution in [1.29, 1.82) is 0 Å². The molecule has 0 unspecified atom stereocenters. The predicted molar refractivity (Wildman–Crippen MR) is 120 cm³/mol. The maximum absolute atomic E-state index is 12.8. The zero-order chi connectivity index (χ0) is 21.9. The van der Waals surface area contributed by atoms with Crippen LogP contribution < -0.4 is 14.8 Å². The smallest absolute Gasteiger partial charge is 0.256 e. The van der Waals surface area contributed by atoms with Gasteiger partial charge in [-0.1, -0.05) is 6.07 Å². The third kappa shape index (κ3) is 4.31. The van der Waals surface area contributed by atoms with Crippen LogP contribution in [0.15, 0.2) is 54.9 Å². The van der Waals surface area contributed by atoms with Gasteiger partial charge >= 0.3 is 0 Å². The van der Waals surface area contributed by atoms with E-state index in [1.165, 1.54) is 0 Å². The minimum absolute atomic E-state index is 0.187. The van der Waals surface area contributed by atoms with Crippen LogP contribution in [0.5, 0.6) is 11.5 Å². The molecule has 166 valence electrons. The van der Waals surface area contributed by atoms with E-state index in [1.807, 2.05) is 29.1 Å². The molecule has 1 atom stereocenters. The van der Waals surface area contributed by atoms with Gasteiger partial charge in [0.25, 0.3) is 5.91 Å². The largest absolute Gasteiger partial charge is 0.454 e. The zero-order valence-corrected chi connectivity index (χ0v) is 18.1. The molecular weight excluding hydrogens is 406 g/mol. The molecule has 2 aliphatic rings. The Morgan fingerprint density at radius 1 is 1.12 bits per heavy atom. The van der Waals surface area contributed by atoms with Gasteiger partial charge in [0.1, 0.15) is 5.82 Å². The maximum Gasteiger partial charge on any atom is 0.256 e. The first-order chi connectivity index (χ1) is 15.7. The molecule has 0 saturated carbocycles. The van der Waals surface area contributed by atoms with E-state index < -0.39 is 0 Å². The fourth-order valence-electron chi connectivity index (χ4n) is 4.45. The minimum Gasteiger partial charge on any atom is -0.454 e. The second kappa shape index (κ2) is 9.00. The second-order valence-corrected chi connectivity index (χ2v) is 8.32. The van der Waals surface area contributed by atoms with E-state index in [1.54, 1.807) is 24.4 Å². The van der Waals surface area contributed by atoms with E-state index >= 15 is 0 Å². The average Bonchev–Trinajstić information content (AvgIpc) is 3.48. The fraction of sp³-hybridized carbons (Fsp3) is 0.375. The monoisotopic (exact) mass is 433 g/mol. The number of hydrogen-bond donors (Lipinski definition) is 1. The minimum atomic E-state index is -0.188. The lowest BCUT2D eigenvalue weighted by molar-refractivity contribution is 0.102. The maximum atomic E-state index is 12.8. The van der Waals surface area contributed by atoms with Gasteiger partial charge < -0.3 is 19.7 Å². The van der Waals surface area contributed by atoms with Crippen LogP contribution in [0.1, 0.15) is 41.9 Å². The van der Waals surface area contributed by atoms with Gasteiger partial charge in [-0.2, -0.15) is 5.10 Å². The Labute approximate surface area is 187 Å².